The molecule has 0 radical (unpaired) electrons. The molecule has 0 aliphatic carbocycles. The lowest BCUT2D eigenvalue weighted by Crippen LogP contribution is -2.52. The van der Waals surface area contributed by atoms with Gasteiger partial charge in [-0.25, -0.2) is 13.2 Å². The normalized spacial score (nSPS) is 15.2. The van der Waals surface area contributed by atoms with Crippen molar-refractivity contribution in [3.05, 3.63) is 59.2 Å². The van der Waals surface area contributed by atoms with Crippen LogP contribution in [0.1, 0.15) is 30.5 Å². The van der Waals surface area contributed by atoms with E-state index in [-0.39, 0.29) is 25.2 Å². The van der Waals surface area contributed by atoms with Gasteiger partial charge in [0.2, 0.25) is 10.0 Å². The minimum atomic E-state index is -3.56. The molecule has 1 aliphatic rings. The molecular formula is C23H31N3O4S. The number of sulfonamides is 1. The first-order chi connectivity index (χ1) is 14.7. The van der Waals surface area contributed by atoms with Crippen LogP contribution in [0.5, 0.6) is 5.75 Å². The van der Waals surface area contributed by atoms with Crippen molar-refractivity contribution < 1.29 is 17.9 Å². The Kier molecular flexibility index (Phi) is 7.23. The predicted molar refractivity (Wildman–Crippen MR) is 121 cm³/mol. The van der Waals surface area contributed by atoms with Crippen LogP contribution in [0.25, 0.3) is 0 Å². The van der Waals surface area contributed by atoms with Crippen LogP contribution in [0, 0.1) is 13.8 Å². The van der Waals surface area contributed by atoms with Gasteiger partial charge in [0.25, 0.3) is 0 Å². The lowest BCUT2D eigenvalue weighted by Gasteiger charge is -2.34. The van der Waals surface area contributed by atoms with E-state index in [2.05, 4.69) is 5.32 Å². The lowest BCUT2D eigenvalue weighted by molar-refractivity contribution is 0.171. The molecular weight excluding hydrogens is 414 g/mol. The van der Waals surface area contributed by atoms with Crippen LogP contribution in [0.15, 0.2) is 47.4 Å². The number of nitrogens with zero attached hydrogens (tertiary/aromatic N) is 2. The van der Waals surface area contributed by atoms with Crippen molar-refractivity contribution in [3.8, 4) is 5.75 Å². The molecule has 168 valence electrons. The molecule has 2 amide bonds. The maximum atomic E-state index is 13.0. The molecule has 1 saturated heterocycles. The monoisotopic (exact) mass is 445 g/mol. The van der Waals surface area contributed by atoms with Gasteiger partial charge in [0.15, 0.2) is 0 Å². The van der Waals surface area contributed by atoms with Crippen molar-refractivity contribution in [2.75, 3.05) is 26.2 Å². The number of carbonyl (C=O) groups excluding carboxylic acids is 1. The summed E-state index contributed by atoms with van der Waals surface area (Å²) >= 11 is 0. The molecule has 1 fully saturated rings. The van der Waals surface area contributed by atoms with Crippen molar-refractivity contribution >= 4 is 16.1 Å². The number of carbonyl (C=O) groups is 1. The van der Waals surface area contributed by atoms with Crippen molar-refractivity contribution in [3.63, 3.8) is 0 Å². The number of piperazine rings is 1. The van der Waals surface area contributed by atoms with Gasteiger partial charge in [0.1, 0.15) is 5.75 Å². The van der Waals surface area contributed by atoms with Crippen LogP contribution < -0.4 is 10.1 Å². The summed E-state index contributed by atoms with van der Waals surface area (Å²) in [7, 11) is -3.56. The third-order valence-electron chi connectivity index (χ3n) is 5.41. The fraction of sp³-hybridized carbons (Fsp3) is 0.435. The number of urea groups is 1. The Bertz CT molecular complexity index is 1030. The summed E-state index contributed by atoms with van der Waals surface area (Å²) in [4.78, 5) is 14.6. The van der Waals surface area contributed by atoms with E-state index in [1.807, 2.05) is 58.0 Å². The van der Waals surface area contributed by atoms with Crippen LogP contribution in [-0.4, -0.2) is 55.9 Å². The van der Waals surface area contributed by atoms with Gasteiger partial charge in [-0.3, -0.25) is 0 Å². The third kappa shape index (κ3) is 5.57. The third-order valence-corrected chi connectivity index (χ3v) is 7.30. The summed E-state index contributed by atoms with van der Waals surface area (Å²) in [6, 6.07) is 12.6. The standard InChI is InChI=1S/C23H31N3O4S/c1-17(2)30-22-8-6-5-7-20(22)16-24-23(27)25-11-13-26(14-12-25)31(28,29)21-10-9-18(3)19(4)15-21/h5-10,15,17H,11-14,16H2,1-4H3,(H,24,27). The quantitative estimate of drug-likeness (QED) is 0.740. The molecule has 1 aliphatic heterocycles. The maximum absolute atomic E-state index is 13.0. The van der Waals surface area contributed by atoms with Gasteiger partial charge in [0.05, 0.1) is 11.0 Å². The molecule has 3 rings (SSSR count). The summed E-state index contributed by atoms with van der Waals surface area (Å²) in [6.45, 7) is 9.37. The van der Waals surface area contributed by atoms with Crippen molar-refractivity contribution in [2.24, 2.45) is 0 Å². The molecule has 7 nitrogen and oxygen atoms in total. The van der Waals surface area contributed by atoms with Gasteiger partial charge in [0, 0.05) is 38.3 Å². The number of amides is 2. The fourth-order valence-electron chi connectivity index (χ4n) is 3.46. The average molecular weight is 446 g/mol. The number of hydrogen-bond acceptors (Lipinski definition) is 4. The second-order valence-corrected chi connectivity index (χ2v) is 10.0. The van der Waals surface area contributed by atoms with E-state index in [1.165, 1.54) is 4.31 Å². The summed E-state index contributed by atoms with van der Waals surface area (Å²) < 4.78 is 33.2. The molecule has 8 heteroatoms. The van der Waals surface area contributed by atoms with Gasteiger partial charge in [-0.1, -0.05) is 24.3 Å². The van der Waals surface area contributed by atoms with Crippen LogP contribution in [0.2, 0.25) is 0 Å². The Morgan fingerprint density at radius 1 is 1.03 bits per heavy atom. The van der Waals surface area contributed by atoms with E-state index in [0.717, 1.165) is 22.4 Å². The number of rotatable bonds is 6. The molecule has 2 aromatic rings. The van der Waals surface area contributed by atoms with Crippen LogP contribution >= 0.6 is 0 Å². The summed E-state index contributed by atoms with van der Waals surface area (Å²) in [5.41, 5.74) is 2.90. The molecule has 0 atom stereocenters. The van der Waals surface area contributed by atoms with E-state index in [0.29, 0.717) is 24.5 Å². The zero-order valence-corrected chi connectivity index (χ0v) is 19.4. The number of ether oxygens (including phenoxy) is 1. The van der Waals surface area contributed by atoms with Crippen LogP contribution in [0.3, 0.4) is 0 Å². The highest BCUT2D eigenvalue weighted by atomic mass is 32.2. The van der Waals surface area contributed by atoms with Crippen LogP contribution in [-0.2, 0) is 16.6 Å². The van der Waals surface area contributed by atoms with Crippen molar-refractivity contribution in [2.45, 2.75) is 45.2 Å². The van der Waals surface area contributed by atoms with E-state index in [1.54, 1.807) is 17.0 Å². The minimum Gasteiger partial charge on any atom is -0.491 e. The lowest BCUT2D eigenvalue weighted by atomic mass is 10.1. The number of nitrogens with one attached hydrogen (secondary N) is 1. The van der Waals surface area contributed by atoms with E-state index < -0.39 is 10.0 Å². The molecule has 1 heterocycles. The molecule has 0 unspecified atom stereocenters. The molecule has 31 heavy (non-hydrogen) atoms. The second kappa shape index (κ2) is 9.70. The fourth-order valence-corrected chi connectivity index (χ4v) is 4.96. The zero-order chi connectivity index (χ0) is 22.6. The first kappa shape index (κ1) is 23.1. The Morgan fingerprint density at radius 3 is 2.35 bits per heavy atom. The Labute approximate surface area is 185 Å². The topological polar surface area (TPSA) is 79.0 Å². The Balaban J connectivity index is 1.57. The van der Waals surface area contributed by atoms with E-state index in [4.69, 9.17) is 4.74 Å². The van der Waals surface area contributed by atoms with Crippen molar-refractivity contribution in [1.82, 2.24) is 14.5 Å². The first-order valence-corrected chi connectivity index (χ1v) is 12.0. The number of aryl methyl sites for hydroxylation is 2. The summed E-state index contributed by atoms with van der Waals surface area (Å²) in [6.07, 6.45) is 0.0456. The van der Waals surface area contributed by atoms with Gasteiger partial charge >= 0.3 is 6.03 Å². The summed E-state index contributed by atoms with van der Waals surface area (Å²) in [5.74, 6) is 0.752. The second-order valence-electron chi connectivity index (χ2n) is 8.07. The maximum Gasteiger partial charge on any atom is 0.317 e. The Morgan fingerprint density at radius 2 is 1.71 bits per heavy atom. The molecule has 0 spiro atoms. The highest BCUT2D eigenvalue weighted by Gasteiger charge is 2.30. The van der Waals surface area contributed by atoms with Crippen molar-refractivity contribution in [1.29, 1.82) is 0 Å². The number of benzene rings is 2. The number of para-hydroxylation sites is 1. The molecule has 0 bridgehead atoms. The summed E-state index contributed by atoms with van der Waals surface area (Å²) in [5, 5.41) is 2.92. The molecule has 0 saturated carbocycles. The first-order valence-electron chi connectivity index (χ1n) is 10.5. The van der Waals surface area contributed by atoms with E-state index >= 15 is 0 Å². The van der Waals surface area contributed by atoms with Gasteiger partial charge in [-0.15, -0.1) is 0 Å². The Hall–Kier alpha value is -2.58. The predicted octanol–water partition coefficient (Wildman–Crippen LogP) is 3.31. The van der Waals surface area contributed by atoms with Gasteiger partial charge in [-0.2, -0.15) is 4.31 Å². The largest absolute Gasteiger partial charge is 0.491 e. The minimum absolute atomic E-state index is 0.0456. The molecule has 0 aromatic heterocycles. The zero-order valence-electron chi connectivity index (χ0n) is 18.6. The highest BCUT2D eigenvalue weighted by molar-refractivity contribution is 7.89. The average Bonchev–Trinajstić information content (AvgIpc) is 2.74. The molecule has 2 aromatic carbocycles. The molecule has 1 N–H and O–H groups in total. The van der Waals surface area contributed by atoms with Gasteiger partial charge in [-0.05, 0) is 57.0 Å². The number of hydrogen-bond donors (Lipinski definition) is 1. The van der Waals surface area contributed by atoms with Crippen LogP contribution in [0.4, 0.5) is 4.79 Å². The smallest absolute Gasteiger partial charge is 0.317 e. The highest BCUT2D eigenvalue weighted by Crippen LogP contribution is 2.21. The SMILES string of the molecule is Cc1ccc(S(=O)(=O)N2CCN(C(=O)NCc3ccccc3OC(C)C)CC2)cc1C. The van der Waals surface area contributed by atoms with E-state index in [9.17, 15) is 13.2 Å². The van der Waals surface area contributed by atoms with Gasteiger partial charge < -0.3 is 15.0 Å².